The number of hydrogen-bond donors (Lipinski definition) is 1. The molecule has 46 heavy (non-hydrogen) atoms. The second-order valence-electron chi connectivity index (χ2n) is 13.4. The van der Waals surface area contributed by atoms with E-state index in [2.05, 4.69) is 9.88 Å². The number of aliphatic hydroxyl groups is 1. The number of nitrogens with zero attached hydrogens (tertiary/aromatic N) is 3. The summed E-state index contributed by atoms with van der Waals surface area (Å²) < 4.78 is 67.2. The van der Waals surface area contributed by atoms with Crippen LogP contribution in [0.4, 0.5) is 23.7 Å². The van der Waals surface area contributed by atoms with Gasteiger partial charge in [-0.2, -0.15) is 13.2 Å². The molecule has 1 unspecified atom stereocenters. The molecular formula is C33H40F3N3O6S. The quantitative estimate of drug-likeness (QED) is 0.302. The van der Waals surface area contributed by atoms with E-state index in [9.17, 15) is 23.1 Å². The van der Waals surface area contributed by atoms with Crippen molar-refractivity contribution in [1.29, 1.82) is 0 Å². The van der Waals surface area contributed by atoms with Crippen LogP contribution in [-0.4, -0.2) is 77.5 Å². The van der Waals surface area contributed by atoms with Crippen LogP contribution in [0.3, 0.4) is 0 Å². The molecule has 0 saturated carbocycles. The molecule has 2 fully saturated rings. The minimum Gasteiger partial charge on any atom is -0.490 e. The minimum absolute atomic E-state index is 0.129. The number of rotatable bonds is 6. The summed E-state index contributed by atoms with van der Waals surface area (Å²) in [4.78, 5) is 22.5. The lowest BCUT2D eigenvalue weighted by atomic mass is 9.94. The number of likely N-dealkylation sites (tertiary alicyclic amines) is 1. The highest BCUT2D eigenvalue weighted by atomic mass is 32.1. The normalized spacial score (nSPS) is 23.8. The Kier molecular flexibility index (Phi) is 8.90. The smallest absolute Gasteiger partial charge is 0.416 e. The minimum atomic E-state index is -4.61. The van der Waals surface area contributed by atoms with E-state index in [1.54, 1.807) is 23.2 Å². The van der Waals surface area contributed by atoms with E-state index in [1.807, 2.05) is 27.7 Å². The van der Waals surface area contributed by atoms with Crippen LogP contribution >= 0.6 is 11.3 Å². The molecule has 13 heteroatoms. The van der Waals surface area contributed by atoms with Gasteiger partial charge in [0.2, 0.25) is 0 Å². The highest BCUT2D eigenvalue weighted by Gasteiger charge is 2.50. The summed E-state index contributed by atoms with van der Waals surface area (Å²) in [7, 11) is 0. The lowest BCUT2D eigenvalue weighted by molar-refractivity contribution is -0.177. The van der Waals surface area contributed by atoms with Crippen molar-refractivity contribution in [2.24, 2.45) is 0 Å². The van der Waals surface area contributed by atoms with Crippen LogP contribution in [-0.2, 0) is 27.0 Å². The van der Waals surface area contributed by atoms with Gasteiger partial charge in [-0.1, -0.05) is 0 Å². The fraction of sp³-hybridized carbons (Fsp3) is 0.576. The van der Waals surface area contributed by atoms with E-state index in [-0.39, 0.29) is 44.4 Å². The Hall–Kier alpha value is -3.13. The first kappa shape index (κ1) is 32.8. The van der Waals surface area contributed by atoms with Crippen LogP contribution in [0.1, 0.15) is 63.8 Å². The zero-order chi connectivity index (χ0) is 32.9. The molecule has 1 aromatic carbocycles. The first-order valence-electron chi connectivity index (χ1n) is 15.6. The van der Waals surface area contributed by atoms with Gasteiger partial charge in [0.05, 0.1) is 46.8 Å². The summed E-state index contributed by atoms with van der Waals surface area (Å²) in [6.07, 6.45) is -0.636. The Labute approximate surface area is 270 Å². The highest BCUT2D eigenvalue weighted by Crippen LogP contribution is 2.49. The molecule has 0 bridgehead atoms. The van der Waals surface area contributed by atoms with E-state index >= 15 is 0 Å². The number of anilines is 1. The lowest BCUT2D eigenvalue weighted by Gasteiger charge is -2.38. The molecule has 250 valence electrons. The van der Waals surface area contributed by atoms with Gasteiger partial charge >= 0.3 is 12.3 Å². The second-order valence-corrected chi connectivity index (χ2v) is 14.5. The number of halogens is 3. The van der Waals surface area contributed by atoms with E-state index in [4.69, 9.17) is 18.9 Å². The van der Waals surface area contributed by atoms with Crippen molar-refractivity contribution in [3.8, 4) is 16.9 Å². The van der Waals surface area contributed by atoms with Crippen molar-refractivity contribution in [2.45, 2.75) is 89.6 Å². The molecule has 2 saturated heterocycles. The predicted molar refractivity (Wildman–Crippen MR) is 168 cm³/mol. The van der Waals surface area contributed by atoms with Crippen molar-refractivity contribution in [2.75, 3.05) is 37.8 Å². The van der Waals surface area contributed by atoms with Crippen molar-refractivity contribution < 1.29 is 42.0 Å². The average molecular weight is 664 g/mol. The summed E-state index contributed by atoms with van der Waals surface area (Å²) in [5.74, 6) is 0.129. The Bertz CT molecular complexity index is 1590. The number of thiophene rings is 1. The van der Waals surface area contributed by atoms with Crippen molar-refractivity contribution in [1.82, 2.24) is 9.88 Å². The molecule has 6 rings (SSSR count). The van der Waals surface area contributed by atoms with Gasteiger partial charge < -0.3 is 29.0 Å². The fourth-order valence-electron chi connectivity index (χ4n) is 6.58. The third-order valence-corrected chi connectivity index (χ3v) is 9.82. The molecule has 1 amide bonds. The Morgan fingerprint density at radius 2 is 1.98 bits per heavy atom. The van der Waals surface area contributed by atoms with Gasteiger partial charge in [0.25, 0.3) is 0 Å². The van der Waals surface area contributed by atoms with Crippen LogP contribution in [0, 0.1) is 0 Å². The SMILES string of the molecule is CC(C)(C)OC(=O)N1C[C@@H](N2CCOc3cc(C(F)(F)F)cc(-c4ccnc5cc(CO)sc45)c32)C[C@]1(C)COC1CCCCO1. The zero-order valence-corrected chi connectivity index (χ0v) is 27.3. The maximum Gasteiger partial charge on any atom is 0.416 e. The number of alkyl halides is 3. The summed E-state index contributed by atoms with van der Waals surface area (Å²) in [5, 5.41) is 9.79. The Balaban J connectivity index is 1.42. The topological polar surface area (TPSA) is 93.6 Å². The zero-order valence-electron chi connectivity index (χ0n) is 26.5. The van der Waals surface area contributed by atoms with E-state index in [0.717, 1.165) is 31.4 Å². The van der Waals surface area contributed by atoms with Crippen LogP contribution in [0.15, 0.2) is 30.5 Å². The third-order valence-electron chi connectivity index (χ3n) is 8.68. The Morgan fingerprint density at radius 1 is 1.17 bits per heavy atom. The van der Waals surface area contributed by atoms with Gasteiger partial charge in [-0.3, -0.25) is 9.88 Å². The predicted octanol–water partition coefficient (Wildman–Crippen LogP) is 6.98. The molecular weight excluding hydrogens is 623 g/mol. The van der Waals surface area contributed by atoms with Crippen LogP contribution in [0.2, 0.25) is 0 Å². The monoisotopic (exact) mass is 663 g/mol. The maximum absolute atomic E-state index is 14.2. The van der Waals surface area contributed by atoms with Crippen molar-refractivity contribution >= 4 is 33.3 Å². The molecule has 3 atom stereocenters. The molecule has 0 radical (unpaired) electrons. The van der Waals surface area contributed by atoms with Gasteiger partial charge in [-0.15, -0.1) is 11.3 Å². The molecule has 2 aromatic heterocycles. The number of hydrogen-bond acceptors (Lipinski definition) is 9. The molecule has 0 aliphatic carbocycles. The average Bonchev–Trinajstić information content (AvgIpc) is 3.60. The molecule has 3 aromatic rings. The van der Waals surface area contributed by atoms with Crippen LogP contribution in [0.25, 0.3) is 21.3 Å². The molecule has 0 spiro atoms. The number of amides is 1. The number of ether oxygens (including phenoxy) is 4. The molecule has 3 aliphatic heterocycles. The summed E-state index contributed by atoms with van der Waals surface area (Å²) in [5.41, 5.74) is -0.279. The first-order valence-corrected chi connectivity index (χ1v) is 16.4. The van der Waals surface area contributed by atoms with Crippen molar-refractivity contribution in [3.63, 3.8) is 0 Å². The molecule has 1 N–H and O–H groups in total. The van der Waals surface area contributed by atoms with Gasteiger partial charge in [-0.25, -0.2) is 4.79 Å². The number of aromatic nitrogens is 1. The first-order chi connectivity index (χ1) is 21.8. The maximum atomic E-state index is 14.2. The molecule has 5 heterocycles. The Morgan fingerprint density at radius 3 is 2.67 bits per heavy atom. The highest BCUT2D eigenvalue weighted by molar-refractivity contribution is 7.19. The number of carbonyl (C=O) groups excluding carboxylic acids is 1. The summed E-state index contributed by atoms with van der Waals surface area (Å²) in [6, 6.07) is 5.39. The summed E-state index contributed by atoms with van der Waals surface area (Å²) >= 11 is 1.29. The largest absolute Gasteiger partial charge is 0.490 e. The number of carbonyl (C=O) groups is 1. The second kappa shape index (κ2) is 12.5. The number of fused-ring (bicyclic) bond motifs is 2. The molecule has 3 aliphatic rings. The van der Waals surface area contributed by atoms with E-state index < -0.39 is 29.0 Å². The van der Waals surface area contributed by atoms with Gasteiger partial charge in [0, 0.05) is 41.4 Å². The van der Waals surface area contributed by atoms with Crippen LogP contribution in [0.5, 0.6) is 5.75 Å². The molecule has 9 nitrogen and oxygen atoms in total. The number of aliphatic hydroxyl groups excluding tert-OH is 1. The van der Waals surface area contributed by atoms with Crippen molar-refractivity contribution in [3.05, 3.63) is 40.9 Å². The van der Waals surface area contributed by atoms with E-state index in [0.29, 0.717) is 51.5 Å². The third kappa shape index (κ3) is 6.65. The van der Waals surface area contributed by atoms with Gasteiger partial charge in [-0.05, 0) is 77.6 Å². The van der Waals surface area contributed by atoms with E-state index in [1.165, 1.54) is 11.3 Å². The number of pyridine rings is 1. The fourth-order valence-corrected chi connectivity index (χ4v) is 7.58. The summed E-state index contributed by atoms with van der Waals surface area (Å²) in [6.45, 7) is 8.90. The van der Waals surface area contributed by atoms with Gasteiger partial charge in [0.1, 0.15) is 18.0 Å². The lowest BCUT2D eigenvalue weighted by Crippen LogP contribution is -2.50. The van der Waals surface area contributed by atoms with Crippen LogP contribution < -0.4 is 9.64 Å². The number of benzene rings is 1. The standard InChI is InChI=1S/C33H40F3N3O6S/c1-31(2,3)45-30(41)39-17-21(16-32(39,4)19-44-27-7-5-6-11-43-27)38-10-12-42-26-14-20(33(34,35)36)13-24(28(26)38)23-8-9-37-25-15-22(18-40)46-29(23)25/h8-9,13-15,21,27,40H,5-7,10-12,16-19H2,1-4H3/t21-,27?,32+/m0/s1. The van der Waals surface area contributed by atoms with Gasteiger partial charge in [0.15, 0.2) is 6.29 Å².